The molecule has 0 amide bonds. The van der Waals surface area contributed by atoms with E-state index in [0.717, 1.165) is 31.8 Å². The molecule has 5 aliphatic rings. The van der Waals surface area contributed by atoms with Crippen LogP contribution in [0.5, 0.6) is 0 Å². The highest BCUT2D eigenvalue weighted by Crippen LogP contribution is 2.53. The van der Waals surface area contributed by atoms with Gasteiger partial charge in [-0.05, 0) is 114 Å². The van der Waals surface area contributed by atoms with E-state index in [2.05, 4.69) is 62.6 Å². The van der Waals surface area contributed by atoms with Gasteiger partial charge < -0.3 is 14.7 Å². The molecule has 3 unspecified atom stereocenters. The molecule has 0 aromatic heterocycles. The summed E-state index contributed by atoms with van der Waals surface area (Å²) in [5, 5.41) is 11.5. The molecule has 0 spiro atoms. The van der Waals surface area contributed by atoms with Crippen LogP contribution in [-0.4, -0.2) is 65.4 Å². The summed E-state index contributed by atoms with van der Waals surface area (Å²) in [6, 6.07) is 0.816. The van der Waals surface area contributed by atoms with E-state index in [1.165, 1.54) is 83.1 Å². The lowest BCUT2D eigenvalue weighted by Gasteiger charge is -2.54. The van der Waals surface area contributed by atoms with Crippen LogP contribution in [0.4, 0.5) is 0 Å². The molecule has 4 heteroatoms. The molecule has 3 aliphatic heterocycles. The summed E-state index contributed by atoms with van der Waals surface area (Å²) < 4.78 is 6.81. The van der Waals surface area contributed by atoms with Crippen molar-refractivity contribution in [2.75, 3.05) is 32.7 Å². The third kappa shape index (κ3) is 6.13. The highest BCUT2D eigenvalue weighted by Gasteiger charge is 2.52. The normalized spacial score (nSPS) is 32.8. The molecule has 5 rings (SSSR count). The van der Waals surface area contributed by atoms with Gasteiger partial charge in [0.05, 0.1) is 17.5 Å². The highest BCUT2D eigenvalue weighted by atomic mass is 16.5. The number of aliphatic hydroxyl groups excluding tert-OH is 1. The predicted octanol–water partition coefficient (Wildman–Crippen LogP) is 7.67. The monoisotopic (exact) mass is 524 g/mol. The minimum absolute atomic E-state index is 0.0169. The van der Waals surface area contributed by atoms with Crippen molar-refractivity contribution in [2.45, 2.75) is 123 Å². The minimum atomic E-state index is -0.174. The van der Waals surface area contributed by atoms with Crippen LogP contribution in [0, 0.1) is 23.2 Å². The third-order valence-corrected chi connectivity index (χ3v) is 10.9. The molecule has 3 fully saturated rings. The van der Waals surface area contributed by atoms with Crippen LogP contribution in [-0.2, 0) is 4.74 Å². The lowest BCUT2D eigenvalue weighted by atomic mass is 9.61. The fraction of sp³-hybridized carbons (Fsp3) is 0.824. The quantitative estimate of drug-likeness (QED) is 0.248. The molecule has 1 N–H and O–H groups in total. The zero-order chi connectivity index (χ0) is 26.9. The van der Waals surface area contributed by atoms with Crippen LogP contribution in [0.25, 0.3) is 0 Å². The summed E-state index contributed by atoms with van der Waals surface area (Å²) >= 11 is 0. The van der Waals surface area contributed by atoms with Gasteiger partial charge in [-0.3, -0.25) is 4.90 Å². The van der Waals surface area contributed by atoms with E-state index in [4.69, 9.17) is 4.74 Å². The average molecular weight is 525 g/mol. The van der Waals surface area contributed by atoms with Gasteiger partial charge in [0.25, 0.3) is 0 Å². The van der Waals surface area contributed by atoms with Crippen molar-refractivity contribution in [3.05, 3.63) is 35.1 Å². The molecule has 38 heavy (non-hydrogen) atoms. The lowest BCUT2D eigenvalue weighted by Crippen LogP contribution is -2.55. The Morgan fingerprint density at radius 3 is 2.50 bits per heavy atom. The lowest BCUT2D eigenvalue weighted by molar-refractivity contribution is -0.177. The standard InChI is InChI=1S/C34H56N2O2/c1-6-7-8-9-16-33(2,3)26-22-30(37)32-28-21-25(12-13-29(28)34(4,5)38-31(32)23-26)24-35-19-14-27(15-20-35)36-17-10-11-18-36/h12,22-23,27-29,31-32,37H,6-11,13-21,24H2,1-5H3/t28?,29?,31?,32-/m1/s1. The predicted molar refractivity (Wildman–Crippen MR) is 158 cm³/mol. The number of likely N-dealkylation sites (tertiary alicyclic amines) is 2. The first-order valence-corrected chi connectivity index (χ1v) is 16.1. The Kier molecular flexibility index (Phi) is 8.82. The Bertz CT molecular complexity index is 901. The van der Waals surface area contributed by atoms with Crippen LogP contribution in [0.15, 0.2) is 35.1 Å². The second kappa shape index (κ2) is 11.8. The number of hydrogen-bond donors (Lipinski definition) is 1. The van der Waals surface area contributed by atoms with E-state index in [1.807, 2.05) is 0 Å². The first-order chi connectivity index (χ1) is 18.2. The topological polar surface area (TPSA) is 35.9 Å². The number of nitrogens with zero attached hydrogens (tertiary/aromatic N) is 2. The van der Waals surface area contributed by atoms with Crippen molar-refractivity contribution in [2.24, 2.45) is 23.2 Å². The minimum Gasteiger partial charge on any atom is -0.512 e. The first kappa shape index (κ1) is 28.4. The second-order valence-corrected chi connectivity index (χ2v) is 14.4. The van der Waals surface area contributed by atoms with Crippen LogP contribution in [0.3, 0.4) is 0 Å². The fourth-order valence-corrected chi connectivity index (χ4v) is 8.46. The van der Waals surface area contributed by atoms with Gasteiger partial charge in [-0.2, -0.15) is 0 Å². The molecular formula is C34H56N2O2. The fourth-order valence-electron chi connectivity index (χ4n) is 8.46. The van der Waals surface area contributed by atoms with Gasteiger partial charge in [-0.15, -0.1) is 0 Å². The van der Waals surface area contributed by atoms with Gasteiger partial charge in [-0.1, -0.05) is 64.2 Å². The number of unbranched alkanes of at least 4 members (excludes halogenated alkanes) is 3. The molecule has 4 atom stereocenters. The van der Waals surface area contributed by atoms with E-state index >= 15 is 0 Å². The second-order valence-electron chi connectivity index (χ2n) is 14.4. The Balaban J connectivity index is 1.24. The molecule has 4 nitrogen and oxygen atoms in total. The number of fused-ring (bicyclic) bond motifs is 3. The van der Waals surface area contributed by atoms with Crippen molar-refractivity contribution >= 4 is 0 Å². The Hall–Kier alpha value is -1.10. The van der Waals surface area contributed by atoms with Gasteiger partial charge in [0.2, 0.25) is 0 Å². The number of rotatable bonds is 9. The van der Waals surface area contributed by atoms with Crippen molar-refractivity contribution in [3.8, 4) is 0 Å². The average Bonchev–Trinajstić information content (AvgIpc) is 3.41. The Labute approximate surface area is 233 Å². The van der Waals surface area contributed by atoms with E-state index in [0.29, 0.717) is 17.6 Å². The van der Waals surface area contributed by atoms with Gasteiger partial charge in [0.1, 0.15) is 0 Å². The Morgan fingerprint density at radius 1 is 1.05 bits per heavy atom. The van der Waals surface area contributed by atoms with E-state index in [9.17, 15) is 5.11 Å². The van der Waals surface area contributed by atoms with Crippen molar-refractivity contribution in [1.82, 2.24) is 9.80 Å². The van der Waals surface area contributed by atoms with Gasteiger partial charge >= 0.3 is 0 Å². The first-order valence-electron chi connectivity index (χ1n) is 16.1. The molecular weight excluding hydrogens is 468 g/mol. The molecule has 3 heterocycles. The maximum absolute atomic E-state index is 11.5. The number of piperidine rings is 1. The van der Waals surface area contributed by atoms with E-state index in [1.54, 1.807) is 5.57 Å². The number of hydrogen-bond acceptors (Lipinski definition) is 4. The van der Waals surface area contributed by atoms with Gasteiger partial charge in [-0.25, -0.2) is 0 Å². The summed E-state index contributed by atoms with van der Waals surface area (Å²) in [6.07, 6.45) is 21.0. The molecule has 0 bridgehead atoms. The molecule has 0 aromatic rings. The summed E-state index contributed by atoms with van der Waals surface area (Å²) in [5.41, 5.74) is 2.76. The molecule has 3 saturated heterocycles. The molecule has 0 radical (unpaired) electrons. The highest BCUT2D eigenvalue weighted by molar-refractivity contribution is 5.36. The number of allylic oxidation sites excluding steroid dienone is 3. The molecule has 2 aliphatic carbocycles. The van der Waals surface area contributed by atoms with Crippen LogP contribution in [0.1, 0.15) is 105 Å². The Morgan fingerprint density at radius 2 is 1.79 bits per heavy atom. The van der Waals surface area contributed by atoms with Crippen molar-refractivity contribution in [1.29, 1.82) is 0 Å². The summed E-state index contributed by atoms with van der Waals surface area (Å²) in [5.74, 6) is 1.58. The summed E-state index contributed by atoms with van der Waals surface area (Å²) in [7, 11) is 0. The molecule has 0 saturated carbocycles. The zero-order valence-electron chi connectivity index (χ0n) is 25.2. The van der Waals surface area contributed by atoms with Gasteiger partial charge in [0, 0.05) is 18.5 Å². The van der Waals surface area contributed by atoms with Gasteiger partial charge in [0.15, 0.2) is 0 Å². The van der Waals surface area contributed by atoms with Crippen LogP contribution in [0.2, 0.25) is 0 Å². The zero-order valence-corrected chi connectivity index (χ0v) is 25.2. The maximum Gasteiger partial charge on any atom is 0.0988 e. The van der Waals surface area contributed by atoms with Crippen molar-refractivity contribution < 1.29 is 9.84 Å². The summed E-state index contributed by atoms with van der Waals surface area (Å²) in [6.45, 7) is 17.8. The SMILES string of the molecule is CCCCCCC(C)(C)C1=CC2OC(C)(C)C3CC=C(CN4CCC(N5CCCC5)CC4)CC3[C@@H]2C(O)=C1. The van der Waals surface area contributed by atoms with E-state index in [-0.39, 0.29) is 23.0 Å². The van der Waals surface area contributed by atoms with Crippen LogP contribution < -0.4 is 0 Å². The largest absolute Gasteiger partial charge is 0.512 e. The molecule has 214 valence electrons. The third-order valence-electron chi connectivity index (χ3n) is 10.9. The molecule has 0 aromatic carbocycles. The van der Waals surface area contributed by atoms with E-state index < -0.39 is 0 Å². The summed E-state index contributed by atoms with van der Waals surface area (Å²) in [4.78, 5) is 5.45. The number of aliphatic hydroxyl groups is 1. The smallest absolute Gasteiger partial charge is 0.0988 e. The van der Waals surface area contributed by atoms with Crippen molar-refractivity contribution in [3.63, 3.8) is 0 Å². The number of ether oxygens (including phenoxy) is 1. The maximum atomic E-state index is 11.5. The van der Waals surface area contributed by atoms with Crippen LogP contribution >= 0.6 is 0 Å².